The molecule has 2 saturated heterocycles. The smallest absolute Gasteiger partial charge is 0.244 e. The van der Waals surface area contributed by atoms with Crippen LogP contribution in [0, 0.1) is 13.8 Å². The van der Waals surface area contributed by atoms with Crippen LogP contribution in [-0.4, -0.2) is 57.7 Å². The van der Waals surface area contributed by atoms with Gasteiger partial charge >= 0.3 is 0 Å². The second-order valence-corrected chi connectivity index (χ2v) is 7.01. The summed E-state index contributed by atoms with van der Waals surface area (Å²) in [4.78, 5) is 17.3. The molecule has 3 rings (SSSR count). The fourth-order valence-corrected chi connectivity index (χ4v) is 4.11. The Bertz CT molecular complexity index is 571. The normalized spacial score (nSPS) is 26.1. The van der Waals surface area contributed by atoms with Crippen molar-refractivity contribution >= 4 is 17.5 Å². The minimum atomic E-state index is 0.171. The van der Waals surface area contributed by atoms with Gasteiger partial charge in [0.15, 0.2) is 0 Å². The second kappa shape index (κ2) is 6.20. The number of carbonyl (C=O) groups is 1. The predicted octanol–water partition coefficient (Wildman–Crippen LogP) is 2.24. The van der Waals surface area contributed by atoms with Crippen LogP contribution >= 0.6 is 11.6 Å². The van der Waals surface area contributed by atoms with Gasteiger partial charge in [-0.3, -0.25) is 9.48 Å². The number of halogens is 1. The number of aryl methyl sites for hydroxylation is 1. The molecule has 2 unspecified atom stereocenters. The Morgan fingerprint density at radius 2 is 1.91 bits per heavy atom. The van der Waals surface area contributed by atoms with Crippen LogP contribution in [0.25, 0.3) is 0 Å². The minimum Gasteiger partial charge on any atom is -0.337 e. The lowest BCUT2D eigenvalue weighted by atomic mass is 10.0. The van der Waals surface area contributed by atoms with E-state index in [1.165, 1.54) is 12.8 Å². The molecule has 0 bridgehead atoms. The highest BCUT2D eigenvalue weighted by molar-refractivity contribution is 6.31. The van der Waals surface area contributed by atoms with E-state index in [9.17, 15) is 4.79 Å². The summed E-state index contributed by atoms with van der Waals surface area (Å²) in [7, 11) is 2.18. The number of nitrogens with zero attached hydrogens (tertiary/aromatic N) is 4. The third-order valence-electron chi connectivity index (χ3n) is 5.22. The van der Waals surface area contributed by atoms with Gasteiger partial charge in [0.1, 0.15) is 6.54 Å². The molecule has 0 aromatic carbocycles. The van der Waals surface area contributed by atoms with Gasteiger partial charge in [-0.15, -0.1) is 0 Å². The van der Waals surface area contributed by atoms with Gasteiger partial charge in [-0.25, -0.2) is 0 Å². The van der Waals surface area contributed by atoms with Gasteiger partial charge in [-0.1, -0.05) is 11.6 Å². The zero-order valence-corrected chi connectivity index (χ0v) is 14.4. The highest BCUT2D eigenvalue weighted by Crippen LogP contribution is 2.29. The first-order valence-corrected chi connectivity index (χ1v) is 8.56. The van der Waals surface area contributed by atoms with E-state index in [1.807, 2.05) is 13.8 Å². The molecular weight excluding hydrogens is 300 g/mol. The first kappa shape index (κ1) is 15.8. The molecule has 6 heteroatoms. The SMILES string of the molecule is Cc1nn(CC(=O)N2CCCC2C2CCCN2C)c(C)c1Cl. The van der Waals surface area contributed by atoms with Crippen molar-refractivity contribution < 1.29 is 4.79 Å². The van der Waals surface area contributed by atoms with Crippen molar-refractivity contribution in [2.45, 2.75) is 58.2 Å². The Morgan fingerprint density at radius 1 is 1.23 bits per heavy atom. The standard InChI is InChI=1S/C16H25ClN4O/c1-11-16(17)12(2)21(18-11)10-15(22)20-9-5-7-14(20)13-6-4-8-19(13)3/h13-14H,4-10H2,1-3H3. The van der Waals surface area contributed by atoms with Gasteiger partial charge in [-0.2, -0.15) is 5.10 Å². The number of likely N-dealkylation sites (N-methyl/N-ethyl adjacent to an activating group) is 1. The third kappa shape index (κ3) is 2.76. The second-order valence-electron chi connectivity index (χ2n) is 6.63. The zero-order valence-electron chi connectivity index (χ0n) is 13.7. The summed E-state index contributed by atoms with van der Waals surface area (Å²) >= 11 is 6.18. The van der Waals surface area contributed by atoms with Crippen molar-refractivity contribution in [3.63, 3.8) is 0 Å². The lowest BCUT2D eigenvalue weighted by Gasteiger charge is -2.33. The molecule has 2 aliphatic rings. The van der Waals surface area contributed by atoms with Gasteiger partial charge in [-0.05, 0) is 53.1 Å². The third-order valence-corrected chi connectivity index (χ3v) is 5.77. The molecule has 1 amide bonds. The van der Waals surface area contributed by atoms with E-state index in [4.69, 9.17) is 11.6 Å². The van der Waals surface area contributed by atoms with Gasteiger partial charge < -0.3 is 9.80 Å². The molecule has 2 aliphatic heterocycles. The molecule has 122 valence electrons. The highest BCUT2D eigenvalue weighted by Gasteiger charge is 2.38. The fraction of sp³-hybridized carbons (Fsp3) is 0.750. The Balaban J connectivity index is 1.72. The molecule has 0 aliphatic carbocycles. The van der Waals surface area contributed by atoms with E-state index >= 15 is 0 Å². The lowest BCUT2D eigenvalue weighted by Crippen LogP contribution is -2.48. The summed E-state index contributed by atoms with van der Waals surface area (Å²) < 4.78 is 1.74. The number of amides is 1. The largest absolute Gasteiger partial charge is 0.337 e. The Morgan fingerprint density at radius 3 is 2.50 bits per heavy atom. The van der Waals surface area contributed by atoms with Crippen molar-refractivity contribution in [2.24, 2.45) is 0 Å². The summed E-state index contributed by atoms with van der Waals surface area (Å²) in [5.41, 5.74) is 1.67. The maximum Gasteiger partial charge on any atom is 0.244 e. The predicted molar refractivity (Wildman–Crippen MR) is 87.1 cm³/mol. The van der Waals surface area contributed by atoms with Crippen molar-refractivity contribution in [2.75, 3.05) is 20.1 Å². The number of rotatable bonds is 3. The quantitative estimate of drug-likeness (QED) is 0.856. The van der Waals surface area contributed by atoms with E-state index < -0.39 is 0 Å². The summed E-state index contributed by atoms with van der Waals surface area (Å²) in [5, 5.41) is 5.05. The molecule has 3 heterocycles. The van der Waals surface area contributed by atoms with Crippen LogP contribution in [0.2, 0.25) is 5.02 Å². The summed E-state index contributed by atoms with van der Waals surface area (Å²) in [5.74, 6) is 0.171. The Kier molecular flexibility index (Phi) is 4.46. The minimum absolute atomic E-state index is 0.171. The molecule has 0 spiro atoms. The van der Waals surface area contributed by atoms with Crippen LogP contribution in [0.3, 0.4) is 0 Å². The van der Waals surface area contributed by atoms with E-state index in [0.29, 0.717) is 23.7 Å². The monoisotopic (exact) mass is 324 g/mol. The Hall–Kier alpha value is -1.07. The van der Waals surface area contributed by atoms with Crippen molar-refractivity contribution in [3.05, 3.63) is 16.4 Å². The van der Waals surface area contributed by atoms with Gasteiger partial charge in [0.05, 0.1) is 16.4 Å². The molecular formula is C16H25ClN4O. The van der Waals surface area contributed by atoms with Crippen LogP contribution in [0.15, 0.2) is 0 Å². The van der Waals surface area contributed by atoms with Crippen molar-refractivity contribution in [3.8, 4) is 0 Å². The molecule has 1 aromatic heterocycles. The van der Waals surface area contributed by atoms with Crippen LogP contribution in [0.4, 0.5) is 0 Å². The fourth-order valence-electron chi connectivity index (χ4n) is 3.97. The average molecular weight is 325 g/mol. The van der Waals surface area contributed by atoms with Crippen LogP contribution in [-0.2, 0) is 11.3 Å². The van der Waals surface area contributed by atoms with Crippen molar-refractivity contribution in [1.29, 1.82) is 0 Å². The number of hydrogen-bond acceptors (Lipinski definition) is 3. The average Bonchev–Trinajstić information content (AvgIpc) is 3.16. The van der Waals surface area contributed by atoms with E-state index in [-0.39, 0.29) is 5.91 Å². The maximum atomic E-state index is 12.8. The molecule has 5 nitrogen and oxygen atoms in total. The van der Waals surface area contributed by atoms with Gasteiger partial charge in [0, 0.05) is 18.6 Å². The first-order valence-electron chi connectivity index (χ1n) is 8.18. The molecule has 1 aromatic rings. The van der Waals surface area contributed by atoms with E-state index in [2.05, 4.69) is 21.9 Å². The number of hydrogen-bond donors (Lipinski definition) is 0. The first-order chi connectivity index (χ1) is 10.5. The van der Waals surface area contributed by atoms with E-state index in [0.717, 1.165) is 37.3 Å². The van der Waals surface area contributed by atoms with Crippen LogP contribution < -0.4 is 0 Å². The number of aromatic nitrogens is 2. The molecule has 0 saturated carbocycles. The molecule has 2 atom stereocenters. The zero-order chi connectivity index (χ0) is 15.9. The van der Waals surface area contributed by atoms with Gasteiger partial charge in [0.2, 0.25) is 5.91 Å². The maximum absolute atomic E-state index is 12.8. The van der Waals surface area contributed by atoms with E-state index in [1.54, 1.807) is 4.68 Å². The van der Waals surface area contributed by atoms with Gasteiger partial charge in [0.25, 0.3) is 0 Å². The molecule has 0 N–H and O–H groups in total. The molecule has 0 radical (unpaired) electrons. The highest BCUT2D eigenvalue weighted by atomic mass is 35.5. The summed E-state index contributed by atoms with van der Waals surface area (Å²) in [6, 6.07) is 0.892. The summed E-state index contributed by atoms with van der Waals surface area (Å²) in [6.07, 6.45) is 4.68. The molecule has 2 fully saturated rings. The van der Waals surface area contributed by atoms with Crippen LogP contribution in [0.1, 0.15) is 37.1 Å². The Labute approximate surface area is 137 Å². The summed E-state index contributed by atoms with van der Waals surface area (Å²) in [6.45, 7) is 6.12. The lowest BCUT2D eigenvalue weighted by molar-refractivity contribution is -0.133. The molecule has 22 heavy (non-hydrogen) atoms. The topological polar surface area (TPSA) is 41.4 Å². The van der Waals surface area contributed by atoms with Crippen molar-refractivity contribution in [1.82, 2.24) is 19.6 Å². The number of carbonyl (C=O) groups excluding carboxylic acids is 1. The van der Waals surface area contributed by atoms with Crippen LogP contribution in [0.5, 0.6) is 0 Å². The number of likely N-dealkylation sites (tertiary alicyclic amines) is 2.